The minimum absolute atomic E-state index is 0.0436. The Hall–Kier alpha value is -3.67. The predicted molar refractivity (Wildman–Crippen MR) is 132 cm³/mol. The fourth-order valence-corrected chi connectivity index (χ4v) is 6.27. The van der Waals surface area contributed by atoms with Crippen molar-refractivity contribution < 1.29 is 19.1 Å². The molecule has 178 valence electrons. The molecule has 6 heteroatoms. The summed E-state index contributed by atoms with van der Waals surface area (Å²) in [6, 6.07) is 20.2. The lowest BCUT2D eigenvalue weighted by Crippen LogP contribution is -2.48. The Bertz CT molecular complexity index is 1230. The SMILES string of the molecule is COc1cc(C(=O)C2CC3CCC(C2)N3C(=O)OCC2c3ccccc3-c3ccccc32)ccn1. The maximum Gasteiger partial charge on any atom is 0.410 e. The quantitative estimate of drug-likeness (QED) is 0.465. The zero-order chi connectivity index (χ0) is 23.9. The lowest BCUT2D eigenvalue weighted by atomic mass is 9.85. The molecular weight excluding hydrogens is 440 g/mol. The number of piperidine rings is 1. The second-order valence-corrected chi connectivity index (χ2v) is 9.72. The number of amides is 1. The van der Waals surface area contributed by atoms with Gasteiger partial charge in [0.05, 0.1) is 7.11 Å². The van der Waals surface area contributed by atoms with E-state index in [1.54, 1.807) is 25.4 Å². The van der Waals surface area contributed by atoms with Gasteiger partial charge >= 0.3 is 6.09 Å². The normalized spacial score (nSPS) is 22.4. The average molecular weight is 469 g/mol. The van der Waals surface area contributed by atoms with Crippen molar-refractivity contribution in [1.82, 2.24) is 9.88 Å². The molecule has 2 aromatic carbocycles. The van der Waals surface area contributed by atoms with Crippen LogP contribution in [0.3, 0.4) is 0 Å². The molecule has 3 aliphatic rings. The van der Waals surface area contributed by atoms with E-state index in [1.807, 2.05) is 17.0 Å². The molecule has 2 aliphatic heterocycles. The summed E-state index contributed by atoms with van der Waals surface area (Å²) in [4.78, 5) is 32.4. The Morgan fingerprint density at radius 3 is 2.20 bits per heavy atom. The highest BCUT2D eigenvalue weighted by atomic mass is 16.6. The van der Waals surface area contributed by atoms with Crippen molar-refractivity contribution in [2.45, 2.75) is 43.7 Å². The lowest BCUT2D eigenvalue weighted by Gasteiger charge is -2.37. The van der Waals surface area contributed by atoms with Gasteiger partial charge in [-0.2, -0.15) is 0 Å². The van der Waals surface area contributed by atoms with Crippen molar-refractivity contribution in [3.8, 4) is 17.0 Å². The fraction of sp³-hybridized carbons (Fsp3) is 0.345. The number of rotatable bonds is 5. The summed E-state index contributed by atoms with van der Waals surface area (Å²) in [5, 5.41) is 0. The van der Waals surface area contributed by atoms with Crippen LogP contribution in [0.25, 0.3) is 11.1 Å². The van der Waals surface area contributed by atoms with Crippen molar-refractivity contribution in [2.24, 2.45) is 5.92 Å². The van der Waals surface area contributed by atoms with Gasteiger partial charge in [0.25, 0.3) is 0 Å². The highest BCUT2D eigenvalue weighted by Gasteiger charge is 2.46. The van der Waals surface area contributed by atoms with Gasteiger partial charge in [-0.05, 0) is 54.0 Å². The van der Waals surface area contributed by atoms with Crippen LogP contribution < -0.4 is 4.74 Å². The Morgan fingerprint density at radius 1 is 0.943 bits per heavy atom. The van der Waals surface area contributed by atoms with Gasteiger partial charge in [0, 0.05) is 41.7 Å². The molecule has 3 aromatic rings. The van der Waals surface area contributed by atoms with Crippen LogP contribution in [0.15, 0.2) is 66.9 Å². The summed E-state index contributed by atoms with van der Waals surface area (Å²) >= 11 is 0. The first-order valence-electron chi connectivity index (χ1n) is 12.3. The number of carbonyl (C=O) groups excluding carboxylic acids is 2. The first kappa shape index (κ1) is 21.8. The molecule has 1 aliphatic carbocycles. The van der Waals surface area contributed by atoms with Crippen LogP contribution in [0.4, 0.5) is 4.79 Å². The molecule has 2 fully saturated rings. The minimum Gasteiger partial charge on any atom is -0.481 e. The molecule has 6 nitrogen and oxygen atoms in total. The third-order valence-electron chi connectivity index (χ3n) is 7.88. The Kier molecular flexibility index (Phi) is 5.51. The van der Waals surface area contributed by atoms with Gasteiger partial charge in [-0.25, -0.2) is 9.78 Å². The molecule has 0 radical (unpaired) electrons. The van der Waals surface area contributed by atoms with Crippen molar-refractivity contribution in [3.05, 3.63) is 83.6 Å². The van der Waals surface area contributed by atoms with E-state index in [0.29, 0.717) is 30.9 Å². The maximum absolute atomic E-state index is 13.3. The molecule has 0 saturated carbocycles. The molecule has 0 spiro atoms. The summed E-state index contributed by atoms with van der Waals surface area (Å²) in [5.74, 6) is 0.492. The molecule has 1 aromatic heterocycles. The summed E-state index contributed by atoms with van der Waals surface area (Å²) in [6.45, 7) is 0.321. The monoisotopic (exact) mass is 468 g/mol. The van der Waals surface area contributed by atoms with Gasteiger partial charge < -0.3 is 14.4 Å². The number of hydrogen-bond acceptors (Lipinski definition) is 5. The molecule has 2 bridgehead atoms. The van der Waals surface area contributed by atoms with E-state index in [9.17, 15) is 9.59 Å². The number of benzene rings is 2. The van der Waals surface area contributed by atoms with Crippen molar-refractivity contribution >= 4 is 11.9 Å². The molecular formula is C29H28N2O4. The molecule has 2 unspecified atom stereocenters. The molecule has 0 N–H and O–H groups in total. The number of Topliss-reactive ketones (excluding diaryl/α,β-unsaturated/α-hetero) is 1. The van der Waals surface area contributed by atoms with E-state index in [0.717, 1.165) is 12.8 Å². The highest BCUT2D eigenvalue weighted by molar-refractivity contribution is 5.98. The number of fused-ring (bicyclic) bond motifs is 5. The van der Waals surface area contributed by atoms with E-state index >= 15 is 0 Å². The van der Waals surface area contributed by atoms with Gasteiger partial charge in [0.1, 0.15) is 6.61 Å². The van der Waals surface area contributed by atoms with E-state index in [2.05, 4.69) is 41.4 Å². The summed E-state index contributed by atoms with van der Waals surface area (Å²) < 4.78 is 11.1. The van der Waals surface area contributed by atoms with Crippen LogP contribution in [0.2, 0.25) is 0 Å². The number of pyridine rings is 1. The predicted octanol–water partition coefficient (Wildman–Crippen LogP) is 5.47. The van der Waals surface area contributed by atoms with Gasteiger partial charge in [-0.3, -0.25) is 4.79 Å². The second-order valence-electron chi connectivity index (χ2n) is 9.72. The average Bonchev–Trinajstić information content (AvgIpc) is 3.37. The van der Waals surface area contributed by atoms with Crippen LogP contribution in [-0.4, -0.2) is 47.6 Å². The minimum atomic E-state index is -0.254. The lowest BCUT2D eigenvalue weighted by molar-refractivity contribution is 0.0506. The van der Waals surface area contributed by atoms with E-state index in [1.165, 1.54) is 22.3 Å². The Balaban J connectivity index is 1.14. The Morgan fingerprint density at radius 2 is 1.57 bits per heavy atom. The Labute approximate surface area is 204 Å². The molecule has 2 saturated heterocycles. The van der Waals surface area contributed by atoms with Crippen LogP contribution in [0.1, 0.15) is 53.1 Å². The standard InChI is InChI=1S/C29H28N2O4/c1-34-27-16-18(12-13-30-27)28(32)19-14-20-10-11-21(15-19)31(20)29(33)35-17-26-24-8-4-2-6-22(24)23-7-3-5-9-25(23)26/h2-9,12-13,16,19-21,26H,10-11,14-15,17H2,1H3. The summed E-state index contributed by atoms with van der Waals surface area (Å²) in [5.41, 5.74) is 5.48. The summed E-state index contributed by atoms with van der Waals surface area (Å²) in [6.07, 6.45) is 4.52. The second kappa shape index (κ2) is 8.84. The number of hydrogen-bond donors (Lipinski definition) is 0. The largest absolute Gasteiger partial charge is 0.481 e. The number of methoxy groups -OCH3 is 1. The van der Waals surface area contributed by atoms with Crippen molar-refractivity contribution in [3.63, 3.8) is 0 Å². The maximum atomic E-state index is 13.3. The third kappa shape index (κ3) is 3.77. The van der Waals surface area contributed by atoms with Crippen LogP contribution in [0.5, 0.6) is 5.88 Å². The number of nitrogens with zero attached hydrogens (tertiary/aromatic N) is 2. The molecule has 6 rings (SSSR count). The van der Waals surface area contributed by atoms with Crippen molar-refractivity contribution in [1.29, 1.82) is 0 Å². The first-order valence-corrected chi connectivity index (χ1v) is 12.3. The van der Waals surface area contributed by atoms with Gasteiger partial charge in [0.2, 0.25) is 5.88 Å². The zero-order valence-corrected chi connectivity index (χ0v) is 19.7. The van der Waals surface area contributed by atoms with Crippen molar-refractivity contribution in [2.75, 3.05) is 13.7 Å². The first-order chi connectivity index (χ1) is 17.1. The van der Waals surface area contributed by atoms with E-state index < -0.39 is 0 Å². The molecule has 1 amide bonds. The van der Waals surface area contributed by atoms with Gasteiger partial charge in [-0.1, -0.05) is 48.5 Å². The van der Waals surface area contributed by atoms with Crippen LogP contribution in [0, 0.1) is 5.92 Å². The van der Waals surface area contributed by atoms with Gasteiger partial charge in [-0.15, -0.1) is 0 Å². The third-order valence-corrected chi connectivity index (χ3v) is 7.88. The number of aromatic nitrogens is 1. The molecule has 35 heavy (non-hydrogen) atoms. The van der Waals surface area contributed by atoms with Crippen LogP contribution >= 0.6 is 0 Å². The smallest absolute Gasteiger partial charge is 0.410 e. The molecule has 2 atom stereocenters. The molecule has 3 heterocycles. The number of ether oxygens (including phenoxy) is 2. The fourth-order valence-electron chi connectivity index (χ4n) is 6.27. The van der Waals surface area contributed by atoms with E-state index in [4.69, 9.17) is 9.47 Å². The summed E-state index contributed by atoms with van der Waals surface area (Å²) in [7, 11) is 1.55. The van der Waals surface area contributed by atoms with E-state index in [-0.39, 0.29) is 35.8 Å². The number of ketones is 1. The van der Waals surface area contributed by atoms with Gasteiger partial charge in [0.15, 0.2) is 5.78 Å². The highest BCUT2D eigenvalue weighted by Crippen LogP contribution is 2.45. The van der Waals surface area contributed by atoms with Crippen LogP contribution in [-0.2, 0) is 4.74 Å². The zero-order valence-electron chi connectivity index (χ0n) is 19.7. The number of carbonyl (C=O) groups is 2. The topological polar surface area (TPSA) is 68.7 Å².